The summed E-state index contributed by atoms with van der Waals surface area (Å²) in [7, 11) is 1.92. The molecule has 0 spiro atoms. The first-order valence-electron chi connectivity index (χ1n) is 6.69. The predicted molar refractivity (Wildman–Crippen MR) is 92.9 cm³/mol. The van der Waals surface area contributed by atoms with Crippen molar-refractivity contribution < 1.29 is 4.52 Å². The van der Waals surface area contributed by atoms with E-state index >= 15 is 0 Å². The molecule has 5 nitrogen and oxygen atoms in total. The maximum atomic E-state index is 5.39. The molecule has 0 radical (unpaired) electrons. The van der Waals surface area contributed by atoms with Gasteiger partial charge in [0.25, 0.3) is 5.89 Å². The topological polar surface area (TPSA) is 63.8 Å². The number of nitrogens with zero attached hydrogens (tertiary/aromatic N) is 3. The zero-order valence-electron chi connectivity index (χ0n) is 12.5. The molecule has 3 aromatic rings. The Bertz CT molecular complexity index is 723. The Labute approximate surface area is 143 Å². The van der Waals surface area contributed by atoms with Crippen molar-refractivity contribution in [3.05, 3.63) is 29.0 Å². The average molecular weight is 357 g/mol. The standard InChI is InChI=1S/C14H16N4OS2.ClH/c1-8(15-3)7-11-17-13(19-18-11)12-9(2)16-14(21-12)10-5-4-6-20-10;/h4-6,8,15H,7H2,1-3H3;1H. The minimum Gasteiger partial charge on any atom is -0.333 e. The molecule has 22 heavy (non-hydrogen) atoms. The van der Waals surface area contributed by atoms with Crippen LogP contribution in [0.5, 0.6) is 0 Å². The number of thiazole rings is 1. The van der Waals surface area contributed by atoms with Crippen molar-refractivity contribution in [3.8, 4) is 20.7 Å². The molecule has 8 heteroatoms. The van der Waals surface area contributed by atoms with Crippen LogP contribution in [0.4, 0.5) is 0 Å². The van der Waals surface area contributed by atoms with Gasteiger partial charge in [-0.3, -0.25) is 0 Å². The number of rotatable bonds is 5. The van der Waals surface area contributed by atoms with E-state index in [2.05, 4.69) is 38.8 Å². The van der Waals surface area contributed by atoms with Crippen LogP contribution in [0.25, 0.3) is 20.7 Å². The summed E-state index contributed by atoms with van der Waals surface area (Å²) in [5, 5.41) is 10.3. The largest absolute Gasteiger partial charge is 0.333 e. The number of hydrogen-bond acceptors (Lipinski definition) is 7. The molecular weight excluding hydrogens is 340 g/mol. The van der Waals surface area contributed by atoms with Crippen LogP contribution in [-0.4, -0.2) is 28.2 Å². The summed E-state index contributed by atoms with van der Waals surface area (Å²) in [5.74, 6) is 1.28. The second-order valence-electron chi connectivity index (χ2n) is 4.82. The van der Waals surface area contributed by atoms with Crippen molar-refractivity contribution >= 4 is 35.1 Å². The van der Waals surface area contributed by atoms with E-state index < -0.39 is 0 Å². The van der Waals surface area contributed by atoms with Crippen LogP contribution in [0.1, 0.15) is 18.4 Å². The second-order valence-corrected chi connectivity index (χ2v) is 6.77. The van der Waals surface area contributed by atoms with Crippen LogP contribution >= 0.6 is 35.1 Å². The number of hydrogen-bond donors (Lipinski definition) is 1. The monoisotopic (exact) mass is 356 g/mol. The van der Waals surface area contributed by atoms with Gasteiger partial charge in [0.15, 0.2) is 5.82 Å². The Kier molecular flexibility index (Phi) is 5.69. The zero-order valence-corrected chi connectivity index (χ0v) is 14.9. The maximum absolute atomic E-state index is 5.39. The SMILES string of the molecule is CNC(C)Cc1noc(-c2sc(-c3cccs3)nc2C)n1.Cl. The highest BCUT2D eigenvalue weighted by Gasteiger charge is 2.18. The first kappa shape index (κ1) is 17.1. The molecule has 0 aliphatic rings. The number of aryl methyl sites for hydroxylation is 1. The van der Waals surface area contributed by atoms with Crippen molar-refractivity contribution in [3.63, 3.8) is 0 Å². The van der Waals surface area contributed by atoms with Gasteiger partial charge in [-0.25, -0.2) is 4.98 Å². The fourth-order valence-corrected chi connectivity index (χ4v) is 3.69. The molecule has 0 aromatic carbocycles. The van der Waals surface area contributed by atoms with E-state index in [0.717, 1.165) is 32.7 Å². The van der Waals surface area contributed by atoms with E-state index in [-0.39, 0.29) is 12.4 Å². The fourth-order valence-electron chi connectivity index (χ4n) is 1.91. The Morgan fingerprint density at radius 2 is 2.18 bits per heavy atom. The first-order valence-corrected chi connectivity index (χ1v) is 8.38. The van der Waals surface area contributed by atoms with E-state index in [1.165, 1.54) is 0 Å². The predicted octanol–water partition coefficient (Wildman–Crippen LogP) is 3.80. The van der Waals surface area contributed by atoms with E-state index in [1.807, 2.05) is 20.0 Å². The summed E-state index contributed by atoms with van der Waals surface area (Å²) >= 11 is 3.28. The molecule has 0 aliphatic heterocycles. The van der Waals surface area contributed by atoms with E-state index in [9.17, 15) is 0 Å². The lowest BCUT2D eigenvalue weighted by molar-refractivity contribution is 0.418. The van der Waals surface area contributed by atoms with E-state index in [4.69, 9.17) is 4.52 Å². The van der Waals surface area contributed by atoms with Crippen LogP contribution in [0, 0.1) is 6.92 Å². The third-order valence-corrected chi connectivity index (χ3v) is 5.36. The molecule has 0 saturated carbocycles. The molecule has 1 unspecified atom stereocenters. The molecule has 0 amide bonds. The van der Waals surface area contributed by atoms with Crippen molar-refractivity contribution in [1.82, 2.24) is 20.4 Å². The molecule has 118 valence electrons. The van der Waals surface area contributed by atoms with Gasteiger partial charge in [-0.1, -0.05) is 11.2 Å². The van der Waals surface area contributed by atoms with Gasteiger partial charge in [-0.15, -0.1) is 35.1 Å². The summed E-state index contributed by atoms with van der Waals surface area (Å²) < 4.78 is 5.39. The molecule has 0 saturated heterocycles. The number of halogens is 1. The number of nitrogens with one attached hydrogen (secondary N) is 1. The quantitative estimate of drug-likeness (QED) is 0.753. The summed E-state index contributed by atoms with van der Waals surface area (Å²) in [5.41, 5.74) is 0.931. The minimum atomic E-state index is 0. The summed E-state index contributed by atoms with van der Waals surface area (Å²) in [4.78, 5) is 11.2. The van der Waals surface area contributed by atoms with Crippen LogP contribution in [0.3, 0.4) is 0 Å². The Balaban J connectivity index is 0.00000176. The normalized spacial score (nSPS) is 12.1. The third kappa shape index (κ3) is 3.55. The lowest BCUT2D eigenvalue weighted by Gasteiger charge is -2.04. The molecular formula is C14H17ClN4OS2. The number of thiophene rings is 1. The van der Waals surface area contributed by atoms with Crippen molar-refractivity contribution in [1.29, 1.82) is 0 Å². The molecule has 3 heterocycles. The van der Waals surface area contributed by atoms with Gasteiger partial charge in [-0.2, -0.15) is 4.98 Å². The van der Waals surface area contributed by atoms with Gasteiger partial charge in [0.05, 0.1) is 10.6 Å². The van der Waals surface area contributed by atoms with Gasteiger partial charge in [-0.05, 0) is 32.3 Å². The van der Waals surface area contributed by atoms with Gasteiger partial charge < -0.3 is 9.84 Å². The van der Waals surface area contributed by atoms with E-state index in [1.54, 1.807) is 22.7 Å². The molecule has 0 bridgehead atoms. The summed E-state index contributed by atoms with van der Waals surface area (Å²) in [6.07, 6.45) is 0.746. The molecule has 3 rings (SSSR count). The lowest BCUT2D eigenvalue weighted by Crippen LogP contribution is -2.24. The highest BCUT2D eigenvalue weighted by atomic mass is 35.5. The average Bonchev–Trinajstić information content (AvgIpc) is 3.18. The third-order valence-electron chi connectivity index (χ3n) is 3.17. The van der Waals surface area contributed by atoms with Crippen molar-refractivity contribution in [2.45, 2.75) is 26.3 Å². The molecule has 0 aliphatic carbocycles. The zero-order chi connectivity index (χ0) is 14.8. The number of aromatic nitrogens is 3. The smallest absolute Gasteiger partial charge is 0.269 e. The summed E-state index contributed by atoms with van der Waals surface area (Å²) in [6, 6.07) is 4.42. The highest BCUT2D eigenvalue weighted by Crippen LogP contribution is 2.36. The fraction of sp³-hybridized carbons (Fsp3) is 0.357. The Hall–Kier alpha value is -1.28. The van der Waals surface area contributed by atoms with Crippen LogP contribution in [0.15, 0.2) is 22.0 Å². The summed E-state index contributed by atoms with van der Waals surface area (Å²) in [6.45, 7) is 4.06. The van der Waals surface area contributed by atoms with Crippen LogP contribution in [0.2, 0.25) is 0 Å². The molecule has 3 aromatic heterocycles. The first-order chi connectivity index (χ1) is 10.2. The maximum Gasteiger partial charge on any atom is 0.269 e. The minimum absolute atomic E-state index is 0. The van der Waals surface area contributed by atoms with Gasteiger partial charge in [0.1, 0.15) is 9.88 Å². The number of likely N-dealkylation sites (N-methyl/N-ethyl adjacent to an activating group) is 1. The molecule has 0 fully saturated rings. The van der Waals surface area contributed by atoms with Gasteiger partial charge in [0.2, 0.25) is 0 Å². The highest BCUT2D eigenvalue weighted by molar-refractivity contribution is 7.22. The molecule has 1 N–H and O–H groups in total. The van der Waals surface area contributed by atoms with E-state index in [0.29, 0.717) is 11.9 Å². The Morgan fingerprint density at radius 3 is 2.86 bits per heavy atom. The molecule has 1 atom stereocenters. The lowest BCUT2D eigenvalue weighted by atomic mass is 10.2. The van der Waals surface area contributed by atoms with Crippen LogP contribution in [-0.2, 0) is 6.42 Å². The van der Waals surface area contributed by atoms with Crippen molar-refractivity contribution in [2.24, 2.45) is 0 Å². The second kappa shape index (κ2) is 7.32. The van der Waals surface area contributed by atoms with Gasteiger partial charge >= 0.3 is 0 Å². The van der Waals surface area contributed by atoms with Crippen LogP contribution < -0.4 is 5.32 Å². The van der Waals surface area contributed by atoms with Crippen molar-refractivity contribution in [2.75, 3.05) is 7.05 Å². The van der Waals surface area contributed by atoms with Gasteiger partial charge in [0, 0.05) is 12.5 Å². The Morgan fingerprint density at radius 1 is 1.36 bits per heavy atom.